The van der Waals surface area contributed by atoms with Crippen LogP contribution in [0.15, 0.2) is 59.5 Å². The van der Waals surface area contributed by atoms with Crippen LogP contribution in [0.25, 0.3) is 0 Å². The number of sulfonamides is 1. The predicted molar refractivity (Wildman–Crippen MR) is 105 cm³/mol. The van der Waals surface area contributed by atoms with Crippen LogP contribution in [-0.4, -0.2) is 38.3 Å². The zero-order valence-corrected chi connectivity index (χ0v) is 16.7. The fraction of sp³-hybridized carbons (Fsp3) is 0.350. The Morgan fingerprint density at radius 1 is 1.11 bits per heavy atom. The lowest BCUT2D eigenvalue weighted by atomic mass is 10.2. The minimum Gasteiger partial charge on any atom is -0.484 e. The number of amides is 1. The molecule has 146 valence electrons. The van der Waals surface area contributed by atoms with Crippen molar-refractivity contribution in [3.63, 3.8) is 0 Å². The Balaban J connectivity index is 1.97. The van der Waals surface area contributed by atoms with E-state index in [-0.39, 0.29) is 30.0 Å². The largest absolute Gasteiger partial charge is 0.484 e. The fourth-order valence-electron chi connectivity index (χ4n) is 2.38. The molecule has 2 rings (SSSR count). The van der Waals surface area contributed by atoms with Crippen LogP contribution in [0.2, 0.25) is 0 Å². The molecule has 0 radical (unpaired) electrons. The molecule has 6 nitrogen and oxygen atoms in total. The number of benzene rings is 2. The van der Waals surface area contributed by atoms with Gasteiger partial charge in [-0.1, -0.05) is 37.3 Å². The van der Waals surface area contributed by atoms with Crippen molar-refractivity contribution in [2.24, 2.45) is 0 Å². The highest BCUT2D eigenvalue weighted by Crippen LogP contribution is 2.20. The number of rotatable bonds is 9. The molecule has 0 aliphatic carbocycles. The van der Waals surface area contributed by atoms with E-state index in [0.717, 1.165) is 12.0 Å². The van der Waals surface area contributed by atoms with Crippen molar-refractivity contribution in [1.82, 2.24) is 9.62 Å². The first kappa shape index (κ1) is 20.9. The van der Waals surface area contributed by atoms with E-state index < -0.39 is 10.0 Å². The Morgan fingerprint density at radius 3 is 2.33 bits per heavy atom. The molecule has 7 heteroatoms. The van der Waals surface area contributed by atoms with Gasteiger partial charge in [0, 0.05) is 19.6 Å². The van der Waals surface area contributed by atoms with E-state index in [1.807, 2.05) is 44.2 Å². The summed E-state index contributed by atoms with van der Waals surface area (Å²) in [4.78, 5) is 11.9. The second-order valence-electron chi connectivity index (χ2n) is 6.38. The van der Waals surface area contributed by atoms with E-state index in [0.29, 0.717) is 5.75 Å². The molecule has 0 aliphatic rings. The van der Waals surface area contributed by atoms with Crippen LogP contribution in [0, 0.1) is 0 Å². The molecular weight excluding hydrogens is 364 g/mol. The molecule has 0 aromatic heterocycles. The van der Waals surface area contributed by atoms with Gasteiger partial charge in [-0.3, -0.25) is 4.79 Å². The van der Waals surface area contributed by atoms with Crippen molar-refractivity contribution in [3.8, 4) is 5.75 Å². The summed E-state index contributed by atoms with van der Waals surface area (Å²) in [5, 5.41) is 2.81. The number of nitrogens with zero attached hydrogens (tertiary/aromatic N) is 1. The van der Waals surface area contributed by atoms with Gasteiger partial charge in [0.2, 0.25) is 10.0 Å². The maximum absolute atomic E-state index is 12.7. The first-order chi connectivity index (χ1) is 12.8. The summed E-state index contributed by atoms with van der Waals surface area (Å²) in [5.74, 6) is 0.239. The van der Waals surface area contributed by atoms with Crippen LogP contribution in [0.3, 0.4) is 0 Å². The van der Waals surface area contributed by atoms with Gasteiger partial charge >= 0.3 is 0 Å². The third kappa shape index (κ3) is 6.08. The Morgan fingerprint density at radius 2 is 1.74 bits per heavy atom. The lowest BCUT2D eigenvalue weighted by Gasteiger charge is -2.17. The monoisotopic (exact) mass is 390 g/mol. The number of nitrogens with one attached hydrogen (secondary N) is 1. The SMILES string of the molecule is CC[C@@H](C)NC(=O)COc1ccc(S(=O)(=O)N(C)Cc2ccccc2)cc1. The highest BCUT2D eigenvalue weighted by molar-refractivity contribution is 7.89. The Bertz CT molecular complexity index is 836. The minimum absolute atomic E-state index is 0.0915. The maximum Gasteiger partial charge on any atom is 0.258 e. The van der Waals surface area contributed by atoms with Gasteiger partial charge in [0.05, 0.1) is 4.90 Å². The van der Waals surface area contributed by atoms with E-state index in [1.165, 1.54) is 16.4 Å². The van der Waals surface area contributed by atoms with Gasteiger partial charge in [0.15, 0.2) is 6.61 Å². The van der Waals surface area contributed by atoms with Crippen molar-refractivity contribution in [1.29, 1.82) is 0 Å². The van der Waals surface area contributed by atoms with Crippen molar-refractivity contribution < 1.29 is 17.9 Å². The molecule has 0 heterocycles. The molecule has 0 unspecified atom stereocenters. The second kappa shape index (κ2) is 9.53. The Labute approximate surface area is 161 Å². The van der Waals surface area contributed by atoms with Crippen LogP contribution in [0.5, 0.6) is 5.75 Å². The lowest BCUT2D eigenvalue weighted by Crippen LogP contribution is -2.35. The summed E-state index contributed by atoms with van der Waals surface area (Å²) >= 11 is 0. The molecule has 0 aliphatic heterocycles. The van der Waals surface area contributed by atoms with E-state index >= 15 is 0 Å². The van der Waals surface area contributed by atoms with Crippen molar-refractivity contribution in [3.05, 3.63) is 60.2 Å². The minimum atomic E-state index is -3.61. The summed E-state index contributed by atoms with van der Waals surface area (Å²) in [5.41, 5.74) is 0.913. The molecule has 1 N–H and O–H groups in total. The van der Waals surface area contributed by atoms with E-state index in [1.54, 1.807) is 19.2 Å². The molecule has 0 fully saturated rings. The summed E-state index contributed by atoms with van der Waals surface area (Å²) in [6.45, 7) is 4.09. The average Bonchev–Trinajstić information content (AvgIpc) is 2.67. The van der Waals surface area contributed by atoms with E-state index in [4.69, 9.17) is 4.74 Å². The number of carbonyl (C=O) groups excluding carboxylic acids is 1. The Hall–Kier alpha value is -2.38. The molecule has 0 saturated carbocycles. The molecule has 27 heavy (non-hydrogen) atoms. The summed E-state index contributed by atoms with van der Waals surface area (Å²) < 4.78 is 32.1. The first-order valence-corrected chi connectivity index (χ1v) is 10.3. The zero-order valence-electron chi connectivity index (χ0n) is 15.9. The first-order valence-electron chi connectivity index (χ1n) is 8.85. The molecule has 2 aromatic rings. The second-order valence-corrected chi connectivity index (χ2v) is 8.43. The van der Waals surface area contributed by atoms with Crippen LogP contribution in [0.1, 0.15) is 25.8 Å². The van der Waals surface area contributed by atoms with Crippen LogP contribution < -0.4 is 10.1 Å². The number of ether oxygens (including phenoxy) is 1. The number of hydrogen-bond acceptors (Lipinski definition) is 4. The van der Waals surface area contributed by atoms with Crippen LogP contribution >= 0.6 is 0 Å². The molecule has 1 atom stereocenters. The summed E-state index contributed by atoms with van der Waals surface area (Å²) in [6, 6.07) is 15.6. The predicted octanol–water partition coefficient (Wildman–Crippen LogP) is 2.80. The lowest BCUT2D eigenvalue weighted by molar-refractivity contribution is -0.123. The van der Waals surface area contributed by atoms with Gasteiger partial charge < -0.3 is 10.1 Å². The van der Waals surface area contributed by atoms with E-state index in [2.05, 4.69) is 5.32 Å². The third-order valence-corrected chi connectivity index (χ3v) is 5.99. The standard InChI is InChI=1S/C20H26N2O4S/c1-4-16(2)21-20(23)15-26-18-10-12-19(13-11-18)27(24,25)22(3)14-17-8-6-5-7-9-17/h5-13,16H,4,14-15H2,1-3H3,(H,21,23)/t16-/m1/s1. The average molecular weight is 391 g/mol. The van der Waals surface area contributed by atoms with Crippen molar-refractivity contribution >= 4 is 15.9 Å². The molecule has 0 bridgehead atoms. The fourth-order valence-corrected chi connectivity index (χ4v) is 3.54. The van der Waals surface area contributed by atoms with Gasteiger partial charge in [-0.25, -0.2) is 8.42 Å². The van der Waals surface area contributed by atoms with Gasteiger partial charge in [0.1, 0.15) is 5.75 Å². The van der Waals surface area contributed by atoms with Gasteiger partial charge in [0.25, 0.3) is 5.91 Å². The number of carbonyl (C=O) groups is 1. The molecule has 2 aromatic carbocycles. The smallest absolute Gasteiger partial charge is 0.258 e. The summed E-state index contributed by atoms with van der Waals surface area (Å²) in [7, 11) is -2.06. The maximum atomic E-state index is 12.7. The summed E-state index contributed by atoms with van der Waals surface area (Å²) in [6.07, 6.45) is 0.842. The quantitative estimate of drug-likeness (QED) is 0.714. The van der Waals surface area contributed by atoms with Crippen molar-refractivity contribution in [2.75, 3.05) is 13.7 Å². The third-order valence-electron chi connectivity index (χ3n) is 4.17. The number of hydrogen-bond donors (Lipinski definition) is 1. The van der Waals surface area contributed by atoms with E-state index in [9.17, 15) is 13.2 Å². The molecule has 0 spiro atoms. The normalized spacial score (nSPS) is 12.6. The zero-order chi connectivity index (χ0) is 19.9. The van der Waals surface area contributed by atoms with Gasteiger partial charge in [-0.05, 0) is 43.2 Å². The highest BCUT2D eigenvalue weighted by Gasteiger charge is 2.21. The van der Waals surface area contributed by atoms with Gasteiger partial charge in [-0.2, -0.15) is 4.31 Å². The van der Waals surface area contributed by atoms with Crippen LogP contribution in [0.4, 0.5) is 0 Å². The molecular formula is C20H26N2O4S. The van der Waals surface area contributed by atoms with Gasteiger partial charge in [-0.15, -0.1) is 0 Å². The molecule has 0 saturated heterocycles. The molecule has 1 amide bonds. The van der Waals surface area contributed by atoms with Crippen LogP contribution in [-0.2, 0) is 21.4 Å². The highest BCUT2D eigenvalue weighted by atomic mass is 32.2. The topological polar surface area (TPSA) is 75.7 Å². The van der Waals surface area contributed by atoms with Crippen molar-refractivity contribution in [2.45, 2.75) is 37.8 Å². The Kier molecular flexibility index (Phi) is 7.38.